The van der Waals surface area contributed by atoms with Gasteiger partial charge in [0.1, 0.15) is 12.4 Å². The number of benzene rings is 3. The van der Waals surface area contributed by atoms with E-state index in [-0.39, 0.29) is 5.91 Å². The Kier molecular flexibility index (Phi) is 6.96. The number of hydrogen-bond donors (Lipinski definition) is 0. The molecule has 1 heterocycles. The Morgan fingerprint density at radius 2 is 1.74 bits per heavy atom. The van der Waals surface area contributed by atoms with Crippen molar-refractivity contribution in [2.24, 2.45) is 0 Å². The lowest BCUT2D eigenvalue weighted by Crippen LogP contribution is -2.27. The van der Waals surface area contributed by atoms with Gasteiger partial charge in [-0.2, -0.15) is 0 Å². The Labute approximate surface area is 207 Å². The Morgan fingerprint density at radius 3 is 2.42 bits per heavy atom. The van der Waals surface area contributed by atoms with Crippen molar-refractivity contribution in [3.8, 4) is 5.75 Å². The van der Waals surface area contributed by atoms with Crippen molar-refractivity contribution in [3.63, 3.8) is 0 Å². The van der Waals surface area contributed by atoms with Crippen LogP contribution < -0.4 is 9.64 Å². The van der Waals surface area contributed by atoms with Crippen LogP contribution >= 0.6 is 55.8 Å². The molecule has 0 unspecified atom stereocenters. The molecule has 1 aliphatic rings. The van der Waals surface area contributed by atoms with Gasteiger partial charge < -0.3 is 4.74 Å². The first-order valence-corrected chi connectivity index (χ1v) is 12.2. The lowest BCUT2D eigenvalue weighted by atomic mass is 10.1. The number of amides is 1. The van der Waals surface area contributed by atoms with E-state index in [2.05, 4.69) is 50.9 Å². The molecule has 7 heteroatoms. The summed E-state index contributed by atoms with van der Waals surface area (Å²) in [5.41, 5.74) is 3.95. The van der Waals surface area contributed by atoms with Crippen molar-refractivity contribution >= 4 is 77.8 Å². The largest absolute Gasteiger partial charge is 0.487 e. The van der Waals surface area contributed by atoms with E-state index in [4.69, 9.17) is 17.0 Å². The van der Waals surface area contributed by atoms with Gasteiger partial charge in [-0.15, -0.1) is 0 Å². The third-order valence-corrected chi connectivity index (χ3v) is 7.07. The smallest absolute Gasteiger partial charge is 0.270 e. The molecule has 0 atom stereocenters. The number of carbonyl (C=O) groups excluding carboxylic acids is 1. The van der Waals surface area contributed by atoms with E-state index in [0.717, 1.165) is 31.5 Å². The maximum Gasteiger partial charge on any atom is 0.270 e. The van der Waals surface area contributed by atoms with Crippen LogP contribution in [0.4, 0.5) is 5.69 Å². The summed E-state index contributed by atoms with van der Waals surface area (Å²) < 4.78 is 8.17. The molecular weight excluding hydrogens is 558 g/mol. The fourth-order valence-corrected chi connectivity index (χ4v) is 5.93. The third-order valence-electron chi connectivity index (χ3n) is 4.59. The molecule has 1 amide bonds. The summed E-state index contributed by atoms with van der Waals surface area (Å²) >= 11 is 13.9. The van der Waals surface area contributed by atoms with Crippen LogP contribution in [0.15, 0.2) is 80.6 Å². The molecule has 1 aliphatic heterocycles. The Hall–Kier alpha value is -1.93. The van der Waals surface area contributed by atoms with Crippen molar-refractivity contribution in [2.45, 2.75) is 13.5 Å². The minimum absolute atomic E-state index is 0.117. The fourth-order valence-electron chi connectivity index (χ4n) is 3.18. The molecule has 1 saturated heterocycles. The highest BCUT2D eigenvalue weighted by Crippen LogP contribution is 2.39. The van der Waals surface area contributed by atoms with Crippen LogP contribution in [0.25, 0.3) is 6.08 Å². The van der Waals surface area contributed by atoms with E-state index >= 15 is 0 Å². The zero-order valence-electron chi connectivity index (χ0n) is 16.5. The number of ether oxygens (including phenoxy) is 1. The number of aryl methyl sites for hydroxylation is 1. The maximum absolute atomic E-state index is 12.9. The monoisotopic (exact) mass is 573 g/mol. The molecule has 1 fully saturated rings. The van der Waals surface area contributed by atoms with E-state index in [1.165, 1.54) is 17.3 Å². The summed E-state index contributed by atoms with van der Waals surface area (Å²) in [6.07, 6.45) is 1.85. The van der Waals surface area contributed by atoms with Gasteiger partial charge in [0.2, 0.25) is 0 Å². The number of nitrogens with zero attached hydrogens (tertiary/aromatic N) is 1. The first-order valence-electron chi connectivity index (χ1n) is 9.43. The van der Waals surface area contributed by atoms with Crippen molar-refractivity contribution < 1.29 is 9.53 Å². The normalized spacial score (nSPS) is 15.1. The lowest BCUT2D eigenvalue weighted by Gasteiger charge is -2.14. The summed E-state index contributed by atoms with van der Waals surface area (Å²) in [7, 11) is 0. The van der Waals surface area contributed by atoms with Crippen LogP contribution in [-0.4, -0.2) is 10.2 Å². The average Bonchev–Trinajstić information content (AvgIpc) is 3.01. The summed E-state index contributed by atoms with van der Waals surface area (Å²) in [4.78, 5) is 15.1. The van der Waals surface area contributed by atoms with Crippen molar-refractivity contribution in [1.82, 2.24) is 0 Å². The van der Waals surface area contributed by atoms with Gasteiger partial charge in [0, 0.05) is 0 Å². The van der Waals surface area contributed by atoms with Crippen molar-refractivity contribution in [1.29, 1.82) is 0 Å². The van der Waals surface area contributed by atoms with E-state index in [1.54, 1.807) is 4.90 Å². The second-order valence-corrected chi connectivity index (χ2v) is 10.3. The zero-order chi connectivity index (χ0) is 22.0. The Morgan fingerprint density at radius 1 is 1.03 bits per heavy atom. The summed E-state index contributed by atoms with van der Waals surface area (Å²) in [5, 5.41) is 0. The number of rotatable bonds is 5. The number of thioether (sulfide) groups is 1. The van der Waals surface area contributed by atoms with Gasteiger partial charge in [-0.05, 0) is 80.3 Å². The van der Waals surface area contributed by atoms with Gasteiger partial charge in [-0.1, -0.05) is 72.0 Å². The van der Waals surface area contributed by atoms with E-state index in [1.807, 2.05) is 60.7 Å². The van der Waals surface area contributed by atoms with Crippen molar-refractivity contribution in [3.05, 3.63) is 97.3 Å². The number of thiocarbonyl (C=S) groups is 1. The van der Waals surface area contributed by atoms with Gasteiger partial charge >= 0.3 is 0 Å². The second kappa shape index (κ2) is 9.69. The average molecular weight is 575 g/mol. The summed E-state index contributed by atoms with van der Waals surface area (Å²) in [6, 6.07) is 21.5. The molecular formula is C24H17Br2NO2S2. The Bertz CT molecular complexity index is 1170. The summed E-state index contributed by atoms with van der Waals surface area (Å²) in [5.74, 6) is 0.601. The molecule has 0 aliphatic carbocycles. The fraction of sp³-hybridized carbons (Fsp3) is 0.0833. The molecule has 4 rings (SSSR count). The first kappa shape index (κ1) is 22.3. The molecule has 0 spiro atoms. The van der Waals surface area contributed by atoms with E-state index < -0.39 is 0 Å². The van der Waals surface area contributed by atoms with Gasteiger partial charge in [-0.25, -0.2) is 0 Å². The lowest BCUT2D eigenvalue weighted by molar-refractivity contribution is -0.113. The number of para-hydroxylation sites is 1. The highest BCUT2D eigenvalue weighted by atomic mass is 79.9. The van der Waals surface area contributed by atoms with Gasteiger partial charge in [0.05, 0.1) is 19.5 Å². The van der Waals surface area contributed by atoms with Gasteiger partial charge in [-0.3, -0.25) is 9.69 Å². The van der Waals surface area contributed by atoms with Crippen LogP contribution in [0, 0.1) is 6.92 Å². The molecule has 0 N–H and O–H groups in total. The molecule has 3 aromatic rings. The molecule has 0 saturated carbocycles. The quantitative estimate of drug-likeness (QED) is 0.233. The molecule has 0 bridgehead atoms. The first-order chi connectivity index (χ1) is 14.9. The molecule has 3 aromatic carbocycles. The van der Waals surface area contributed by atoms with Crippen LogP contribution in [-0.2, 0) is 11.4 Å². The van der Waals surface area contributed by atoms with Gasteiger partial charge in [0.15, 0.2) is 4.32 Å². The molecule has 0 radical (unpaired) electrons. The second-order valence-electron chi connectivity index (χ2n) is 6.94. The standard InChI is InChI=1S/C24H17Br2NO2S2/c1-15-6-5-7-16(10-15)14-29-22-19(25)11-17(12-20(22)26)13-21-23(28)27(24(30)31-21)18-8-3-2-4-9-18/h2-13H,14H2,1H3/b21-13+. The number of halogens is 2. The van der Waals surface area contributed by atoms with E-state index in [9.17, 15) is 4.79 Å². The maximum atomic E-state index is 12.9. The molecule has 3 nitrogen and oxygen atoms in total. The van der Waals surface area contributed by atoms with Crippen LogP contribution in [0.3, 0.4) is 0 Å². The number of carbonyl (C=O) groups is 1. The summed E-state index contributed by atoms with van der Waals surface area (Å²) in [6.45, 7) is 2.53. The Balaban J connectivity index is 1.55. The topological polar surface area (TPSA) is 29.5 Å². The highest BCUT2D eigenvalue weighted by Gasteiger charge is 2.33. The molecule has 31 heavy (non-hydrogen) atoms. The van der Waals surface area contributed by atoms with Crippen molar-refractivity contribution in [2.75, 3.05) is 4.90 Å². The molecule has 0 aromatic heterocycles. The third kappa shape index (κ3) is 5.12. The highest BCUT2D eigenvalue weighted by molar-refractivity contribution is 9.11. The number of anilines is 1. The van der Waals surface area contributed by atoms with Crippen LogP contribution in [0.5, 0.6) is 5.75 Å². The van der Waals surface area contributed by atoms with Gasteiger partial charge in [0.25, 0.3) is 5.91 Å². The van der Waals surface area contributed by atoms with Crippen LogP contribution in [0.1, 0.15) is 16.7 Å². The SMILES string of the molecule is Cc1cccc(COc2c(Br)cc(/C=C3/SC(=S)N(c4ccccc4)C3=O)cc2Br)c1. The number of hydrogen-bond acceptors (Lipinski definition) is 4. The minimum atomic E-state index is -0.117. The van der Waals surface area contributed by atoms with Crippen LogP contribution in [0.2, 0.25) is 0 Å². The predicted octanol–water partition coefficient (Wildman–Crippen LogP) is 7.50. The zero-order valence-corrected chi connectivity index (χ0v) is 21.3. The minimum Gasteiger partial charge on any atom is -0.487 e. The molecule has 156 valence electrons. The van der Waals surface area contributed by atoms with E-state index in [0.29, 0.717) is 15.8 Å². The predicted molar refractivity (Wildman–Crippen MR) is 139 cm³/mol.